The molecule has 1 atom stereocenters. The van der Waals surface area contributed by atoms with E-state index in [0.29, 0.717) is 0 Å². The molecule has 1 rings (SSSR count). The van der Waals surface area contributed by atoms with Crippen molar-refractivity contribution in [2.75, 3.05) is 11.9 Å². The van der Waals surface area contributed by atoms with E-state index in [1.54, 1.807) is 12.1 Å². The highest BCUT2D eigenvalue weighted by Gasteiger charge is 2.15. The number of para-hydroxylation sites is 1. The zero-order valence-corrected chi connectivity index (χ0v) is 9.90. The molecule has 0 saturated carbocycles. The smallest absolute Gasteiger partial charge is 0.319 e. The number of rotatable bonds is 4. The predicted octanol–water partition coefficient (Wildman–Crippen LogP) is 1.96. The predicted molar refractivity (Wildman–Crippen MR) is 64.3 cm³/mol. The largest absolute Gasteiger partial charge is 0.394 e. The Balaban J connectivity index is 2.58. The number of carbonyl (C=O) groups is 1. The lowest BCUT2D eigenvalue weighted by Gasteiger charge is -2.20. The minimum Gasteiger partial charge on any atom is -0.394 e. The van der Waals surface area contributed by atoms with Crippen molar-refractivity contribution in [3.05, 3.63) is 30.1 Å². The Labute approximate surface area is 99.8 Å². The minimum atomic E-state index is -0.525. The highest BCUT2D eigenvalue weighted by molar-refractivity contribution is 5.89. The summed E-state index contributed by atoms with van der Waals surface area (Å²) in [4.78, 5) is 11.5. The summed E-state index contributed by atoms with van der Waals surface area (Å²) in [5.74, 6) is -0.390. The summed E-state index contributed by atoms with van der Waals surface area (Å²) in [6.45, 7) is 3.61. The summed E-state index contributed by atoms with van der Waals surface area (Å²) in [6.07, 6.45) is 0. The quantitative estimate of drug-likeness (QED) is 0.753. The number of nitrogens with one attached hydrogen (secondary N) is 2. The fourth-order valence-electron chi connectivity index (χ4n) is 1.31. The van der Waals surface area contributed by atoms with E-state index in [-0.39, 0.29) is 24.3 Å². The molecule has 0 aliphatic heterocycles. The first kappa shape index (κ1) is 13.4. The third-order valence-electron chi connectivity index (χ3n) is 2.44. The van der Waals surface area contributed by atoms with Gasteiger partial charge in [0.05, 0.1) is 18.3 Å². The van der Waals surface area contributed by atoms with E-state index in [1.807, 2.05) is 13.8 Å². The Morgan fingerprint density at radius 2 is 2.06 bits per heavy atom. The van der Waals surface area contributed by atoms with Crippen LogP contribution in [0.4, 0.5) is 14.9 Å². The number of hydrogen-bond donors (Lipinski definition) is 3. The van der Waals surface area contributed by atoms with Gasteiger partial charge in [-0.25, -0.2) is 9.18 Å². The number of aliphatic hydroxyl groups excluding tert-OH is 1. The summed E-state index contributed by atoms with van der Waals surface area (Å²) in [5, 5.41) is 14.0. The van der Waals surface area contributed by atoms with Crippen LogP contribution in [0.2, 0.25) is 0 Å². The van der Waals surface area contributed by atoms with E-state index in [4.69, 9.17) is 5.11 Å². The first-order valence-electron chi connectivity index (χ1n) is 5.47. The minimum absolute atomic E-state index is 0.103. The molecule has 0 aliphatic rings. The maximum absolute atomic E-state index is 13.2. The Morgan fingerprint density at radius 1 is 1.41 bits per heavy atom. The zero-order valence-electron chi connectivity index (χ0n) is 9.90. The molecule has 1 aromatic rings. The molecule has 5 heteroatoms. The molecule has 17 heavy (non-hydrogen) atoms. The highest BCUT2D eigenvalue weighted by atomic mass is 19.1. The average molecular weight is 240 g/mol. The van der Waals surface area contributed by atoms with Crippen LogP contribution in [-0.4, -0.2) is 23.8 Å². The third kappa shape index (κ3) is 4.03. The van der Waals surface area contributed by atoms with E-state index in [0.717, 1.165) is 0 Å². The number of urea groups is 1. The van der Waals surface area contributed by atoms with Gasteiger partial charge in [0, 0.05) is 0 Å². The Morgan fingerprint density at radius 3 is 2.59 bits per heavy atom. The van der Waals surface area contributed by atoms with E-state index in [1.165, 1.54) is 12.1 Å². The summed E-state index contributed by atoms with van der Waals surface area (Å²) >= 11 is 0. The summed E-state index contributed by atoms with van der Waals surface area (Å²) in [6, 6.07) is 5.04. The Bertz CT molecular complexity index is 383. The second kappa shape index (κ2) is 6.20. The van der Waals surface area contributed by atoms with Crippen molar-refractivity contribution in [1.29, 1.82) is 0 Å². The molecule has 0 fully saturated rings. The zero-order chi connectivity index (χ0) is 12.8. The maximum atomic E-state index is 13.2. The third-order valence-corrected chi connectivity index (χ3v) is 2.44. The molecule has 94 valence electrons. The van der Waals surface area contributed by atoms with Crippen molar-refractivity contribution in [2.45, 2.75) is 19.9 Å². The van der Waals surface area contributed by atoms with Gasteiger partial charge in [0.2, 0.25) is 0 Å². The summed E-state index contributed by atoms with van der Waals surface area (Å²) in [5.41, 5.74) is 0.116. The van der Waals surface area contributed by atoms with Gasteiger partial charge in [-0.1, -0.05) is 26.0 Å². The average Bonchev–Trinajstić information content (AvgIpc) is 2.28. The van der Waals surface area contributed by atoms with Crippen molar-refractivity contribution in [1.82, 2.24) is 5.32 Å². The molecule has 0 spiro atoms. The van der Waals surface area contributed by atoms with Gasteiger partial charge in [0.1, 0.15) is 5.82 Å². The fraction of sp³-hybridized carbons (Fsp3) is 0.417. The van der Waals surface area contributed by atoms with Crippen molar-refractivity contribution < 1.29 is 14.3 Å². The van der Waals surface area contributed by atoms with E-state index >= 15 is 0 Å². The molecule has 0 aromatic heterocycles. The van der Waals surface area contributed by atoms with Crippen molar-refractivity contribution in [3.63, 3.8) is 0 Å². The second-order valence-electron chi connectivity index (χ2n) is 4.11. The molecule has 0 bridgehead atoms. The van der Waals surface area contributed by atoms with Gasteiger partial charge in [0.25, 0.3) is 0 Å². The van der Waals surface area contributed by atoms with Gasteiger partial charge in [0.15, 0.2) is 0 Å². The van der Waals surface area contributed by atoms with Crippen LogP contribution in [0.15, 0.2) is 24.3 Å². The van der Waals surface area contributed by atoms with Gasteiger partial charge in [-0.15, -0.1) is 0 Å². The standard InChI is InChI=1S/C12H17FN2O2/c1-8(2)11(7-16)15-12(17)14-10-6-4-3-5-9(10)13/h3-6,8,11,16H,7H2,1-2H3,(H2,14,15,17). The second-order valence-corrected chi connectivity index (χ2v) is 4.11. The first-order chi connectivity index (χ1) is 8.04. The van der Waals surface area contributed by atoms with Crippen LogP contribution in [0.5, 0.6) is 0 Å². The highest BCUT2D eigenvalue weighted by Crippen LogP contribution is 2.12. The van der Waals surface area contributed by atoms with Gasteiger partial charge in [-0.05, 0) is 18.1 Å². The molecule has 0 radical (unpaired) electrons. The number of amides is 2. The van der Waals surface area contributed by atoms with E-state index in [2.05, 4.69) is 10.6 Å². The van der Waals surface area contributed by atoms with Crippen molar-refractivity contribution >= 4 is 11.7 Å². The number of hydrogen-bond acceptors (Lipinski definition) is 2. The number of benzene rings is 1. The Hall–Kier alpha value is -1.62. The lowest BCUT2D eigenvalue weighted by atomic mass is 10.1. The monoisotopic (exact) mass is 240 g/mol. The van der Waals surface area contributed by atoms with Crippen LogP contribution in [0.1, 0.15) is 13.8 Å². The first-order valence-corrected chi connectivity index (χ1v) is 5.47. The van der Waals surface area contributed by atoms with E-state index in [9.17, 15) is 9.18 Å². The molecule has 4 nitrogen and oxygen atoms in total. The summed E-state index contributed by atoms with van der Waals surface area (Å²) < 4.78 is 13.2. The van der Waals surface area contributed by atoms with Crippen LogP contribution >= 0.6 is 0 Å². The molecular weight excluding hydrogens is 223 g/mol. The van der Waals surface area contributed by atoms with Crippen molar-refractivity contribution in [3.8, 4) is 0 Å². The molecular formula is C12H17FN2O2. The number of carbonyl (C=O) groups excluding carboxylic acids is 1. The van der Waals surface area contributed by atoms with Crippen molar-refractivity contribution in [2.24, 2.45) is 5.92 Å². The molecule has 2 amide bonds. The number of aliphatic hydroxyl groups is 1. The topological polar surface area (TPSA) is 61.4 Å². The normalized spacial score (nSPS) is 12.3. The maximum Gasteiger partial charge on any atom is 0.319 e. The van der Waals surface area contributed by atoms with Gasteiger partial charge in [-0.2, -0.15) is 0 Å². The lowest BCUT2D eigenvalue weighted by molar-refractivity contribution is 0.204. The summed E-state index contributed by atoms with van der Waals surface area (Å²) in [7, 11) is 0. The van der Waals surface area contributed by atoms with Crippen LogP contribution < -0.4 is 10.6 Å². The van der Waals surface area contributed by atoms with Crippen LogP contribution in [-0.2, 0) is 0 Å². The van der Waals surface area contributed by atoms with Gasteiger partial charge in [-0.3, -0.25) is 0 Å². The molecule has 0 heterocycles. The van der Waals surface area contributed by atoms with Gasteiger partial charge >= 0.3 is 6.03 Å². The van der Waals surface area contributed by atoms with E-state index < -0.39 is 11.8 Å². The molecule has 0 saturated heterocycles. The fourth-order valence-corrected chi connectivity index (χ4v) is 1.31. The molecule has 0 aliphatic carbocycles. The lowest BCUT2D eigenvalue weighted by Crippen LogP contribution is -2.43. The SMILES string of the molecule is CC(C)C(CO)NC(=O)Nc1ccccc1F. The molecule has 3 N–H and O–H groups in total. The van der Waals surface area contributed by atoms with Crippen LogP contribution in [0, 0.1) is 11.7 Å². The number of anilines is 1. The van der Waals surface area contributed by atoms with Crippen LogP contribution in [0.3, 0.4) is 0 Å². The van der Waals surface area contributed by atoms with Gasteiger partial charge < -0.3 is 15.7 Å². The number of halogens is 1. The Kier molecular flexibility index (Phi) is 4.90. The van der Waals surface area contributed by atoms with Crippen LogP contribution in [0.25, 0.3) is 0 Å². The molecule has 1 aromatic carbocycles. The molecule has 1 unspecified atom stereocenters.